The highest BCUT2D eigenvalue weighted by atomic mass is 32.2. The monoisotopic (exact) mass is 451 g/mol. The molecule has 3 aromatic rings. The van der Waals surface area contributed by atoms with E-state index >= 15 is 0 Å². The molecule has 1 amide bonds. The van der Waals surface area contributed by atoms with Crippen LogP contribution in [0.2, 0.25) is 0 Å². The minimum Gasteiger partial charge on any atom is -0.337 e. The lowest BCUT2D eigenvalue weighted by Crippen LogP contribution is -2.49. The number of aryl methyl sites for hydroxylation is 1. The number of carbonyl (C=O) groups excluding carboxylic acids is 1. The third-order valence-corrected chi connectivity index (χ3v) is 6.38. The topological polar surface area (TPSA) is 83.6 Å². The third-order valence-electron chi connectivity index (χ3n) is 5.42. The number of rotatable bonds is 9. The average molecular weight is 452 g/mol. The van der Waals surface area contributed by atoms with Crippen molar-refractivity contribution in [2.45, 2.75) is 44.4 Å². The van der Waals surface area contributed by atoms with Gasteiger partial charge in [-0.3, -0.25) is 4.79 Å². The number of nitrogens with zero attached hydrogens (tertiary/aromatic N) is 4. The van der Waals surface area contributed by atoms with Crippen molar-refractivity contribution in [2.24, 2.45) is 5.92 Å². The van der Waals surface area contributed by atoms with E-state index in [1.54, 1.807) is 25.1 Å². The molecular formula is C24H26FN5OS. The second-order valence-corrected chi connectivity index (χ2v) is 8.92. The zero-order valence-electron chi connectivity index (χ0n) is 18.4. The van der Waals surface area contributed by atoms with Crippen molar-refractivity contribution in [1.82, 2.24) is 20.1 Å². The molecule has 166 valence electrons. The molecule has 8 heteroatoms. The predicted molar refractivity (Wildman–Crippen MR) is 123 cm³/mol. The summed E-state index contributed by atoms with van der Waals surface area (Å²) in [5.74, 6) is -0.186. The van der Waals surface area contributed by atoms with Gasteiger partial charge in [0, 0.05) is 6.54 Å². The van der Waals surface area contributed by atoms with Crippen molar-refractivity contribution in [2.75, 3.05) is 5.75 Å². The number of amides is 1. The summed E-state index contributed by atoms with van der Waals surface area (Å²) in [6.07, 6.45) is 0.708. The molecule has 3 rings (SSSR count). The van der Waals surface area contributed by atoms with E-state index in [1.165, 1.54) is 17.8 Å². The number of hydrogen-bond donors (Lipinski definition) is 1. The van der Waals surface area contributed by atoms with Crippen LogP contribution in [0, 0.1) is 23.1 Å². The highest BCUT2D eigenvalue weighted by Gasteiger charge is 2.30. The second kappa shape index (κ2) is 10.4. The number of halogens is 1. The van der Waals surface area contributed by atoms with Gasteiger partial charge >= 0.3 is 0 Å². The molecule has 0 aliphatic rings. The van der Waals surface area contributed by atoms with Crippen molar-refractivity contribution >= 4 is 17.7 Å². The fourth-order valence-electron chi connectivity index (χ4n) is 3.08. The fraction of sp³-hybridized carbons (Fsp3) is 0.333. The minimum absolute atomic E-state index is 0.0383. The van der Waals surface area contributed by atoms with Crippen LogP contribution in [0.1, 0.15) is 26.3 Å². The van der Waals surface area contributed by atoms with Crippen molar-refractivity contribution < 1.29 is 9.18 Å². The van der Waals surface area contributed by atoms with Gasteiger partial charge in [0.1, 0.15) is 11.4 Å². The smallest absolute Gasteiger partial charge is 0.231 e. The molecule has 0 spiro atoms. The second-order valence-electron chi connectivity index (χ2n) is 7.98. The summed E-state index contributed by atoms with van der Waals surface area (Å²) in [6, 6.07) is 18.6. The molecule has 0 aliphatic carbocycles. The highest BCUT2D eigenvalue weighted by molar-refractivity contribution is 7.99. The van der Waals surface area contributed by atoms with Gasteiger partial charge in [-0.2, -0.15) is 5.26 Å². The molecule has 6 nitrogen and oxygen atoms in total. The van der Waals surface area contributed by atoms with Crippen molar-refractivity contribution in [3.63, 3.8) is 0 Å². The van der Waals surface area contributed by atoms with Crippen molar-refractivity contribution in [3.8, 4) is 17.5 Å². The maximum absolute atomic E-state index is 14.5. The van der Waals surface area contributed by atoms with Crippen molar-refractivity contribution in [3.05, 3.63) is 66.0 Å². The van der Waals surface area contributed by atoms with Crippen LogP contribution in [0.4, 0.5) is 4.39 Å². The zero-order chi connectivity index (χ0) is 23.1. The lowest BCUT2D eigenvalue weighted by atomic mass is 9.90. The number of nitriles is 1. The summed E-state index contributed by atoms with van der Waals surface area (Å²) in [5, 5.41) is 21.2. The number of nitrogens with one attached hydrogen (secondary N) is 1. The molecule has 0 fully saturated rings. The Balaban J connectivity index is 1.81. The van der Waals surface area contributed by atoms with Gasteiger partial charge in [0.05, 0.1) is 17.4 Å². The molecule has 1 aromatic heterocycles. The van der Waals surface area contributed by atoms with E-state index in [2.05, 4.69) is 21.6 Å². The molecule has 0 unspecified atom stereocenters. The molecule has 1 atom stereocenters. The molecule has 0 radical (unpaired) electrons. The first-order valence-electron chi connectivity index (χ1n) is 10.4. The van der Waals surface area contributed by atoms with Crippen LogP contribution in [0.25, 0.3) is 11.4 Å². The summed E-state index contributed by atoms with van der Waals surface area (Å²) >= 11 is 1.22. The van der Waals surface area contributed by atoms with E-state index in [-0.39, 0.29) is 23.4 Å². The largest absolute Gasteiger partial charge is 0.337 e. The number of aromatic nitrogens is 3. The Morgan fingerprint density at radius 2 is 1.88 bits per heavy atom. The van der Waals surface area contributed by atoms with Gasteiger partial charge in [0.15, 0.2) is 11.0 Å². The Kier molecular flexibility index (Phi) is 7.65. The van der Waals surface area contributed by atoms with Crippen LogP contribution in [-0.2, 0) is 17.8 Å². The number of carbonyl (C=O) groups is 1. The molecule has 1 heterocycles. The predicted octanol–water partition coefficient (Wildman–Crippen LogP) is 4.47. The number of benzene rings is 2. The SMILES string of the molecule is CC(C)[C@](C)(C#N)NC(=O)CSc1nnc(-c2ccccc2F)n1CCc1ccccc1. The maximum atomic E-state index is 14.5. The Morgan fingerprint density at radius 3 is 2.53 bits per heavy atom. The molecule has 1 N–H and O–H groups in total. The Morgan fingerprint density at radius 1 is 1.19 bits per heavy atom. The summed E-state index contributed by atoms with van der Waals surface area (Å²) in [5.41, 5.74) is 0.550. The lowest BCUT2D eigenvalue weighted by molar-refractivity contribution is -0.120. The molecule has 0 saturated heterocycles. The van der Waals surface area contributed by atoms with Crippen LogP contribution in [0.5, 0.6) is 0 Å². The average Bonchev–Trinajstić information content (AvgIpc) is 3.19. The summed E-state index contributed by atoms with van der Waals surface area (Å²) in [7, 11) is 0. The van der Waals surface area contributed by atoms with E-state index in [0.29, 0.717) is 29.5 Å². The van der Waals surface area contributed by atoms with Gasteiger partial charge < -0.3 is 9.88 Å². The van der Waals surface area contributed by atoms with E-state index in [4.69, 9.17) is 0 Å². The number of hydrogen-bond acceptors (Lipinski definition) is 5. The van der Waals surface area contributed by atoms with Crippen LogP contribution >= 0.6 is 11.8 Å². The summed E-state index contributed by atoms with van der Waals surface area (Å²) < 4.78 is 16.3. The zero-order valence-corrected chi connectivity index (χ0v) is 19.2. The Labute approximate surface area is 191 Å². The summed E-state index contributed by atoms with van der Waals surface area (Å²) in [6.45, 7) is 6.01. The standard InChI is InChI=1S/C24H26FN5OS/c1-17(2)24(3,16-26)27-21(31)15-32-23-29-28-22(19-11-7-8-12-20(19)25)30(23)14-13-18-9-5-4-6-10-18/h4-12,17H,13-15H2,1-3H3,(H,27,31)/t24-/m0/s1. The molecule has 0 saturated carbocycles. The number of thioether (sulfide) groups is 1. The van der Waals surface area contributed by atoms with E-state index in [9.17, 15) is 14.4 Å². The van der Waals surface area contributed by atoms with Crippen molar-refractivity contribution in [1.29, 1.82) is 5.26 Å². The molecule has 0 aliphatic heterocycles. The van der Waals surface area contributed by atoms with Gasteiger partial charge in [0.2, 0.25) is 5.91 Å². The fourth-order valence-corrected chi connectivity index (χ4v) is 3.85. The molecule has 0 bridgehead atoms. The highest BCUT2D eigenvalue weighted by Crippen LogP contribution is 2.26. The van der Waals surface area contributed by atoms with Crippen LogP contribution in [0.15, 0.2) is 59.8 Å². The van der Waals surface area contributed by atoms with Gasteiger partial charge in [-0.15, -0.1) is 10.2 Å². The lowest BCUT2D eigenvalue weighted by Gasteiger charge is -2.27. The van der Waals surface area contributed by atoms with Crippen LogP contribution in [0.3, 0.4) is 0 Å². The summed E-state index contributed by atoms with van der Waals surface area (Å²) in [4.78, 5) is 12.5. The van der Waals surface area contributed by atoms with E-state index in [1.807, 2.05) is 48.7 Å². The van der Waals surface area contributed by atoms with Crippen LogP contribution < -0.4 is 5.32 Å². The molecular weight excluding hydrogens is 425 g/mol. The quantitative estimate of drug-likeness (QED) is 0.485. The van der Waals surface area contributed by atoms with Gasteiger partial charge in [-0.05, 0) is 37.0 Å². The Hall–Kier alpha value is -3.18. The third kappa shape index (κ3) is 5.54. The van der Waals surface area contributed by atoms with Gasteiger partial charge in [-0.1, -0.05) is 68.1 Å². The first-order chi connectivity index (χ1) is 15.3. The van der Waals surface area contributed by atoms with Crippen LogP contribution in [-0.4, -0.2) is 32.0 Å². The van der Waals surface area contributed by atoms with E-state index in [0.717, 1.165) is 5.56 Å². The molecule has 32 heavy (non-hydrogen) atoms. The van der Waals surface area contributed by atoms with Gasteiger partial charge in [0.25, 0.3) is 0 Å². The first-order valence-corrected chi connectivity index (χ1v) is 11.4. The Bertz CT molecular complexity index is 1110. The minimum atomic E-state index is -0.947. The first kappa shape index (κ1) is 23.5. The maximum Gasteiger partial charge on any atom is 0.231 e. The normalized spacial score (nSPS) is 12.9. The van der Waals surface area contributed by atoms with E-state index < -0.39 is 5.54 Å². The van der Waals surface area contributed by atoms with Gasteiger partial charge in [-0.25, -0.2) is 4.39 Å². The molecule has 2 aromatic carbocycles.